The Labute approximate surface area is 216 Å². The molecule has 180 valence electrons. The second-order valence-electron chi connectivity index (χ2n) is 9.05. The predicted molar refractivity (Wildman–Crippen MR) is 154 cm³/mol. The fraction of sp³-hybridized carbons (Fsp3) is 0.194. The molecule has 1 aliphatic heterocycles. The third-order valence-electron chi connectivity index (χ3n) is 6.38. The maximum absolute atomic E-state index is 5.69. The van der Waals surface area contributed by atoms with E-state index >= 15 is 0 Å². The number of hydrogen-bond acceptors (Lipinski definition) is 4. The van der Waals surface area contributed by atoms with Gasteiger partial charge in [0, 0.05) is 34.5 Å². The minimum absolute atomic E-state index is 0.711. The summed E-state index contributed by atoms with van der Waals surface area (Å²) >= 11 is 1.75. The van der Waals surface area contributed by atoms with E-state index < -0.39 is 0 Å². The van der Waals surface area contributed by atoms with Crippen LogP contribution < -0.4 is 16.1 Å². The van der Waals surface area contributed by atoms with Crippen LogP contribution in [0.5, 0.6) is 0 Å². The Hall–Kier alpha value is -3.60. The summed E-state index contributed by atoms with van der Waals surface area (Å²) in [6.07, 6.45) is 12.0. The normalized spacial score (nSPS) is 12.6. The van der Waals surface area contributed by atoms with Crippen LogP contribution in [-0.4, -0.2) is 30.0 Å². The Morgan fingerprint density at radius 1 is 0.694 bits per heavy atom. The van der Waals surface area contributed by atoms with Gasteiger partial charge in [0.25, 0.3) is 0 Å². The van der Waals surface area contributed by atoms with Crippen LogP contribution in [-0.2, 0) is 12.8 Å². The topological polar surface area (TPSA) is 79.0 Å². The van der Waals surface area contributed by atoms with E-state index in [9.17, 15) is 0 Å². The quantitative estimate of drug-likeness (QED) is 0.296. The maximum atomic E-state index is 5.69. The molecule has 0 saturated heterocycles. The molecule has 4 nitrogen and oxygen atoms in total. The van der Waals surface area contributed by atoms with Crippen molar-refractivity contribution in [1.82, 2.24) is 9.65 Å². The Bertz CT molecular complexity index is 1460. The van der Waals surface area contributed by atoms with E-state index in [-0.39, 0.29) is 0 Å². The first-order valence-corrected chi connectivity index (χ1v) is 13.3. The molecular weight excluding hydrogens is 460 g/mol. The molecule has 0 spiro atoms. The lowest BCUT2D eigenvalue weighted by Gasteiger charge is -2.06. The van der Waals surface area contributed by atoms with Gasteiger partial charge >= 0.3 is 11.9 Å². The van der Waals surface area contributed by atoms with E-state index in [4.69, 9.17) is 16.1 Å². The molecule has 0 radical (unpaired) electrons. The molecule has 36 heavy (non-hydrogen) atoms. The third-order valence-corrected chi connectivity index (χ3v) is 7.53. The lowest BCUT2D eigenvalue weighted by molar-refractivity contribution is 0.832. The van der Waals surface area contributed by atoms with Gasteiger partial charge in [-0.2, -0.15) is 0 Å². The average Bonchev–Trinajstić information content (AvgIpc) is 3.62. The Balaban J connectivity index is 1.34. The van der Waals surface area contributed by atoms with Crippen LogP contribution in [0.3, 0.4) is 0 Å². The molecule has 1 aliphatic rings. The van der Waals surface area contributed by atoms with E-state index in [1.165, 1.54) is 27.1 Å². The minimum atomic E-state index is 0.711. The summed E-state index contributed by atoms with van der Waals surface area (Å²) in [7, 11) is 0. The molecule has 0 unspecified atom stereocenters. The minimum Gasteiger partial charge on any atom is -0.330 e. The fourth-order valence-corrected chi connectivity index (χ4v) is 5.40. The second-order valence-corrected chi connectivity index (χ2v) is 10.1. The molecule has 0 fully saturated rings. The highest BCUT2D eigenvalue weighted by atomic mass is 32.1. The van der Waals surface area contributed by atoms with Gasteiger partial charge in [0.05, 0.1) is 5.57 Å². The van der Waals surface area contributed by atoms with Gasteiger partial charge in [0.1, 0.15) is 4.88 Å². The number of aryl methyl sites for hydroxylation is 2. The fourth-order valence-electron chi connectivity index (χ4n) is 4.44. The summed E-state index contributed by atoms with van der Waals surface area (Å²) in [4.78, 5) is 6.89. The molecule has 0 aliphatic carbocycles. The summed E-state index contributed by atoms with van der Waals surface area (Å²) in [6.45, 7) is 1.43. The number of thiophene rings is 1. The number of allylic oxidation sites excluding steroid dienone is 2. The average molecular weight is 492 g/mol. The zero-order valence-corrected chi connectivity index (χ0v) is 21.2. The number of nitrogens with two attached hydrogens (primary N) is 2. The monoisotopic (exact) mass is 491 g/mol. The van der Waals surface area contributed by atoms with E-state index in [0.717, 1.165) is 53.0 Å². The standard InChI is InChI=1S/C31H31N4S/c32-13-3-7-22-5-1-9-24(15-22)26-17-28(20-34-19-26)30-11-12-31(36-30)29-18-27(21-35-29)25-10-2-6-23(16-25)8-4-14-33/h1-2,5-6,9-12,15-21H,3-4,7-8,13-14,32-33H2/q+1. The van der Waals surface area contributed by atoms with Gasteiger partial charge in [0.15, 0.2) is 0 Å². The summed E-state index contributed by atoms with van der Waals surface area (Å²) in [5.41, 5.74) is 20.8. The lowest BCUT2D eigenvalue weighted by Crippen LogP contribution is -2.00. The van der Waals surface area contributed by atoms with Crippen molar-refractivity contribution in [3.63, 3.8) is 0 Å². The van der Waals surface area contributed by atoms with Crippen molar-refractivity contribution in [2.75, 3.05) is 13.1 Å². The largest absolute Gasteiger partial charge is 0.345 e. The first kappa shape index (κ1) is 24.1. The first-order chi connectivity index (χ1) is 17.7. The molecule has 5 heteroatoms. The van der Waals surface area contributed by atoms with Crippen molar-refractivity contribution >= 4 is 28.8 Å². The van der Waals surface area contributed by atoms with E-state index in [0.29, 0.717) is 13.1 Å². The molecule has 4 N–H and O–H groups in total. The number of aromatic nitrogens is 1. The summed E-state index contributed by atoms with van der Waals surface area (Å²) in [5, 5.41) is 0. The van der Waals surface area contributed by atoms with Crippen LogP contribution in [0.2, 0.25) is 0 Å². The van der Waals surface area contributed by atoms with Crippen LogP contribution >= 0.6 is 11.3 Å². The Kier molecular flexibility index (Phi) is 7.65. The predicted octanol–water partition coefficient (Wildman–Crippen LogP) is 5.28. The Morgan fingerprint density at radius 3 is 2.11 bits per heavy atom. The van der Waals surface area contributed by atoms with Crippen molar-refractivity contribution in [3.05, 3.63) is 107 Å². The molecule has 0 amide bonds. The van der Waals surface area contributed by atoms with Gasteiger partial charge < -0.3 is 11.5 Å². The number of nitrogens with zero attached hydrogens (tertiary/aromatic N) is 2. The molecule has 2 aromatic carbocycles. The van der Waals surface area contributed by atoms with Gasteiger partial charge in [0.2, 0.25) is 0 Å². The number of hydrogen-bond donors (Lipinski definition) is 2. The molecule has 3 heterocycles. The first-order valence-electron chi connectivity index (χ1n) is 12.5. The molecule has 2 aromatic heterocycles. The van der Waals surface area contributed by atoms with Crippen molar-refractivity contribution in [2.45, 2.75) is 25.7 Å². The van der Waals surface area contributed by atoms with Gasteiger partial charge in [-0.3, -0.25) is 4.98 Å². The van der Waals surface area contributed by atoms with Crippen molar-refractivity contribution in [1.29, 1.82) is 0 Å². The maximum Gasteiger partial charge on any atom is 0.345 e. The highest BCUT2D eigenvalue weighted by molar-refractivity contribution is 7.17. The van der Waals surface area contributed by atoms with Gasteiger partial charge in [-0.05, 0) is 79.2 Å². The van der Waals surface area contributed by atoms with Crippen molar-refractivity contribution < 1.29 is 0 Å². The van der Waals surface area contributed by atoms with Crippen LogP contribution in [0.25, 0.3) is 27.1 Å². The highest BCUT2D eigenvalue weighted by Crippen LogP contribution is 2.32. The smallest absolute Gasteiger partial charge is 0.330 e. The zero-order chi connectivity index (χ0) is 24.7. The Morgan fingerprint density at radius 2 is 1.36 bits per heavy atom. The molecular formula is C31H31N4S+. The second kappa shape index (κ2) is 11.4. The van der Waals surface area contributed by atoms with Gasteiger partial charge in [-0.25, -0.2) is 0 Å². The molecule has 5 rings (SSSR count). The number of pyridine rings is 1. The van der Waals surface area contributed by atoms with Gasteiger partial charge in [-0.1, -0.05) is 53.2 Å². The molecule has 0 bridgehead atoms. The zero-order valence-electron chi connectivity index (χ0n) is 20.4. The van der Waals surface area contributed by atoms with Crippen molar-refractivity contribution in [3.8, 4) is 21.6 Å². The number of rotatable bonds is 10. The third kappa shape index (κ3) is 5.62. The van der Waals surface area contributed by atoms with Crippen LogP contribution in [0, 0.1) is 0 Å². The van der Waals surface area contributed by atoms with Crippen LogP contribution in [0.4, 0.5) is 0 Å². The summed E-state index contributed by atoms with van der Waals surface area (Å²) in [5.74, 6) is 0. The molecule has 0 saturated carbocycles. The highest BCUT2D eigenvalue weighted by Gasteiger charge is 2.22. The summed E-state index contributed by atoms with van der Waals surface area (Å²) < 4.78 is 4.73. The van der Waals surface area contributed by atoms with Crippen molar-refractivity contribution in [2.24, 2.45) is 11.5 Å². The van der Waals surface area contributed by atoms with Crippen LogP contribution in [0.15, 0.2) is 85.2 Å². The lowest BCUT2D eigenvalue weighted by atomic mass is 10.0. The van der Waals surface area contributed by atoms with Crippen LogP contribution in [0.1, 0.15) is 34.4 Å². The molecule has 0 atom stereocenters. The molecule has 4 aromatic rings. The summed E-state index contributed by atoms with van der Waals surface area (Å²) in [6, 6.07) is 23.9. The van der Waals surface area contributed by atoms with E-state index in [1.807, 2.05) is 18.6 Å². The SMILES string of the molecule is NCCCc1cccc(C2=CC(c3ccc(-c4cncc(-c5cccc(CCCN)c5)c4)s3)=[N+]=C2)c1. The van der Waals surface area contributed by atoms with E-state index in [1.54, 1.807) is 11.3 Å². The van der Waals surface area contributed by atoms with Gasteiger partial charge in [-0.15, -0.1) is 11.3 Å². The van der Waals surface area contributed by atoms with E-state index in [2.05, 4.69) is 77.8 Å². The number of benzene rings is 2.